The number of carbonyl (C=O) groups excluding carboxylic acids is 1. The maximum absolute atomic E-state index is 12.8. The van der Waals surface area contributed by atoms with Crippen LogP contribution in [0.4, 0.5) is 4.39 Å². The van der Waals surface area contributed by atoms with E-state index in [1.165, 1.54) is 12.1 Å². The second kappa shape index (κ2) is 7.18. The molecule has 1 aromatic carbocycles. The van der Waals surface area contributed by atoms with Crippen molar-refractivity contribution < 1.29 is 19.0 Å². The van der Waals surface area contributed by atoms with Crippen molar-refractivity contribution in [2.45, 2.75) is 19.4 Å². The highest BCUT2D eigenvalue weighted by Crippen LogP contribution is 2.24. The summed E-state index contributed by atoms with van der Waals surface area (Å²) in [6.45, 7) is 1.49. The van der Waals surface area contributed by atoms with Crippen LogP contribution in [0.15, 0.2) is 18.2 Å². The molecule has 1 rings (SSSR count). The van der Waals surface area contributed by atoms with Crippen molar-refractivity contribution in [2.75, 3.05) is 13.2 Å². The monoisotopic (exact) mass is 275 g/mol. The summed E-state index contributed by atoms with van der Waals surface area (Å²) in [5.41, 5.74) is 0. The van der Waals surface area contributed by atoms with Gasteiger partial charge in [0.15, 0.2) is 6.61 Å². The van der Waals surface area contributed by atoms with E-state index in [-0.39, 0.29) is 35.9 Å². The maximum atomic E-state index is 12.8. The smallest absolute Gasteiger partial charge is 0.258 e. The molecule has 0 spiro atoms. The molecule has 100 valence electrons. The molecule has 0 aliphatic rings. The summed E-state index contributed by atoms with van der Waals surface area (Å²) < 4.78 is 17.9. The Morgan fingerprint density at radius 3 is 2.89 bits per heavy atom. The van der Waals surface area contributed by atoms with Crippen LogP contribution >= 0.6 is 11.6 Å². The fraction of sp³-hybridized carbons (Fsp3) is 0.417. The van der Waals surface area contributed by atoms with Crippen molar-refractivity contribution in [3.05, 3.63) is 29.0 Å². The number of aliphatic hydroxyl groups is 1. The third-order valence-electron chi connectivity index (χ3n) is 2.33. The lowest BCUT2D eigenvalue weighted by molar-refractivity contribution is -0.124. The summed E-state index contributed by atoms with van der Waals surface area (Å²) in [6.07, 6.45) is 0.625. The second-order valence-corrected chi connectivity index (χ2v) is 4.13. The van der Waals surface area contributed by atoms with Crippen LogP contribution < -0.4 is 10.1 Å². The van der Waals surface area contributed by atoms with Gasteiger partial charge in [-0.25, -0.2) is 4.39 Å². The highest BCUT2D eigenvalue weighted by Gasteiger charge is 2.10. The number of amides is 1. The molecule has 0 heterocycles. The molecule has 0 saturated carbocycles. The van der Waals surface area contributed by atoms with Crippen LogP contribution in [-0.4, -0.2) is 30.3 Å². The standard InChI is InChI=1S/C12H15ClFNO3/c1-2-9(6-16)15-12(17)7-18-11-4-3-8(14)5-10(11)13/h3-5,9,16H,2,6-7H2,1H3,(H,15,17)/t9-/m1/s1. The topological polar surface area (TPSA) is 58.6 Å². The number of carbonyl (C=O) groups is 1. The van der Waals surface area contributed by atoms with Crippen molar-refractivity contribution in [3.8, 4) is 5.75 Å². The van der Waals surface area contributed by atoms with Crippen LogP contribution in [0.5, 0.6) is 5.75 Å². The van der Waals surface area contributed by atoms with E-state index >= 15 is 0 Å². The Kier molecular flexibility index (Phi) is 5.88. The Morgan fingerprint density at radius 2 is 2.33 bits per heavy atom. The highest BCUT2D eigenvalue weighted by atomic mass is 35.5. The Labute approximate surface area is 110 Å². The van der Waals surface area contributed by atoms with E-state index in [2.05, 4.69) is 5.32 Å². The average molecular weight is 276 g/mol. The van der Waals surface area contributed by atoms with Gasteiger partial charge in [0.05, 0.1) is 17.7 Å². The van der Waals surface area contributed by atoms with Gasteiger partial charge in [0.1, 0.15) is 11.6 Å². The van der Waals surface area contributed by atoms with E-state index in [1.54, 1.807) is 0 Å². The van der Waals surface area contributed by atoms with Gasteiger partial charge in [-0.1, -0.05) is 18.5 Å². The number of halogens is 2. The molecular formula is C12H15ClFNO3. The van der Waals surface area contributed by atoms with E-state index < -0.39 is 5.82 Å². The first kappa shape index (κ1) is 14.7. The van der Waals surface area contributed by atoms with E-state index in [4.69, 9.17) is 21.4 Å². The lowest BCUT2D eigenvalue weighted by Crippen LogP contribution is -2.39. The van der Waals surface area contributed by atoms with Gasteiger partial charge in [-0.05, 0) is 24.6 Å². The van der Waals surface area contributed by atoms with Crippen LogP contribution in [0.25, 0.3) is 0 Å². The largest absolute Gasteiger partial charge is 0.482 e. The molecule has 0 bridgehead atoms. The highest BCUT2D eigenvalue weighted by molar-refractivity contribution is 6.32. The van der Waals surface area contributed by atoms with Gasteiger partial charge in [0, 0.05) is 0 Å². The lowest BCUT2D eigenvalue weighted by atomic mass is 10.2. The van der Waals surface area contributed by atoms with Crippen LogP contribution in [0.1, 0.15) is 13.3 Å². The summed E-state index contributed by atoms with van der Waals surface area (Å²) in [6, 6.07) is 3.37. The molecular weight excluding hydrogens is 261 g/mol. The van der Waals surface area contributed by atoms with Crippen LogP contribution in [0, 0.1) is 5.82 Å². The van der Waals surface area contributed by atoms with Gasteiger partial charge in [-0.2, -0.15) is 0 Å². The summed E-state index contributed by atoms with van der Waals surface area (Å²) >= 11 is 5.74. The maximum Gasteiger partial charge on any atom is 0.258 e. The van der Waals surface area contributed by atoms with Gasteiger partial charge in [-0.3, -0.25) is 4.79 Å². The minimum atomic E-state index is -0.469. The molecule has 6 heteroatoms. The van der Waals surface area contributed by atoms with Crippen LogP contribution in [0.3, 0.4) is 0 Å². The molecule has 0 aliphatic heterocycles. The number of benzene rings is 1. The minimum absolute atomic E-state index is 0.108. The molecule has 0 radical (unpaired) electrons. The summed E-state index contributed by atoms with van der Waals surface area (Å²) in [4.78, 5) is 11.5. The first-order valence-corrected chi connectivity index (χ1v) is 5.92. The predicted octanol–water partition coefficient (Wildman–Crippen LogP) is 1.74. The Morgan fingerprint density at radius 1 is 1.61 bits per heavy atom. The van der Waals surface area contributed by atoms with Crippen LogP contribution in [-0.2, 0) is 4.79 Å². The third-order valence-corrected chi connectivity index (χ3v) is 2.63. The van der Waals surface area contributed by atoms with Gasteiger partial charge in [0.2, 0.25) is 0 Å². The number of aliphatic hydroxyl groups excluding tert-OH is 1. The fourth-order valence-electron chi connectivity index (χ4n) is 1.28. The zero-order chi connectivity index (χ0) is 13.5. The summed E-state index contributed by atoms with van der Waals surface area (Å²) in [5, 5.41) is 11.6. The fourth-order valence-corrected chi connectivity index (χ4v) is 1.50. The molecule has 2 N–H and O–H groups in total. The molecule has 1 aromatic rings. The normalized spacial score (nSPS) is 12.0. The summed E-state index contributed by atoms with van der Waals surface area (Å²) in [5.74, 6) is -0.593. The Balaban J connectivity index is 2.47. The second-order valence-electron chi connectivity index (χ2n) is 3.72. The van der Waals surface area contributed by atoms with Gasteiger partial charge < -0.3 is 15.2 Å². The van der Waals surface area contributed by atoms with E-state index in [1.807, 2.05) is 6.92 Å². The minimum Gasteiger partial charge on any atom is -0.482 e. The predicted molar refractivity (Wildman–Crippen MR) is 66.2 cm³/mol. The SMILES string of the molecule is CC[C@H](CO)NC(=O)COc1ccc(F)cc1Cl. The van der Waals surface area contributed by atoms with Crippen molar-refractivity contribution >= 4 is 17.5 Å². The summed E-state index contributed by atoms with van der Waals surface area (Å²) in [7, 11) is 0. The number of ether oxygens (including phenoxy) is 1. The van der Waals surface area contributed by atoms with Gasteiger partial charge in [-0.15, -0.1) is 0 Å². The molecule has 0 fully saturated rings. The lowest BCUT2D eigenvalue weighted by Gasteiger charge is -2.14. The van der Waals surface area contributed by atoms with E-state index in [0.29, 0.717) is 6.42 Å². The van der Waals surface area contributed by atoms with Crippen molar-refractivity contribution in [1.82, 2.24) is 5.32 Å². The molecule has 0 aromatic heterocycles. The van der Waals surface area contributed by atoms with Gasteiger partial charge in [0.25, 0.3) is 5.91 Å². The van der Waals surface area contributed by atoms with Gasteiger partial charge >= 0.3 is 0 Å². The number of hydrogen-bond acceptors (Lipinski definition) is 3. The molecule has 1 amide bonds. The molecule has 0 aliphatic carbocycles. The Hall–Kier alpha value is -1.33. The van der Waals surface area contributed by atoms with Crippen molar-refractivity contribution in [1.29, 1.82) is 0 Å². The first-order chi connectivity index (χ1) is 8.56. The number of nitrogens with one attached hydrogen (secondary N) is 1. The number of hydrogen-bond donors (Lipinski definition) is 2. The molecule has 1 atom stereocenters. The molecule has 4 nitrogen and oxygen atoms in total. The molecule has 18 heavy (non-hydrogen) atoms. The van der Waals surface area contributed by atoms with Crippen molar-refractivity contribution in [2.24, 2.45) is 0 Å². The van der Waals surface area contributed by atoms with Crippen molar-refractivity contribution in [3.63, 3.8) is 0 Å². The third kappa shape index (κ3) is 4.50. The molecule has 0 saturated heterocycles. The number of rotatable bonds is 6. The van der Waals surface area contributed by atoms with E-state index in [0.717, 1.165) is 6.07 Å². The zero-order valence-corrected chi connectivity index (χ0v) is 10.7. The molecule has 0 unspecified atom stereocenters. The quantitative estimate of drug-likeness (QED) is 0.831. The van der Waals surface area contributed by atoms with E-state index in [9.17, 15) is 9.18 Å². The Bertz CT molecular complexity index is 410. The van der Waals surface area contributed by atoms with Crippen LogP contribution in [0.2, 0.25) is 5.02 Å². The zero-order valence-electron chi connectivity index (χ0n) is 9.95. The average Bonchev–Trinajstić information content (AvgIpc) is 2.35. The first-order valence-electron chi connectivity index (χ1n) is 5.54.